The van der Waals surface area contributed by atoms with E-state index in [1.165, 1.54) is 6.42 Å². The lowest BCUT2D eigenvalue weighted by atomic mass is 9.94. The predicted octanol–water partition coefficient (Wildman–Crippen LogP) is 4.19. The van der Waals surface area contributed by atoms with Gasteiger partial charge in [0.25, 0.3) is 0 Å². The summed E-state index contributed by atoms with van der Waals surface area (Å²) in [6.45, 7) is 5.34. The van der Waals surface area contributed by atoms with E-state index >= 15 is 0 Å². The molecule has 0 bridgehead atoms. The van der Waals surface area contributed by atoms with Gasteiger partial charge in [-0.05, 0) is 43.4 Å². The van der Waals surface area contributed by atoms with Crippen molar-refractivity contribution in [2.24, 2.45) is 5.92 Å². The number of anilines is 1. The molecule has 2 rings (SSSR count). The quantitative estimate of drug-likeness (QED) is 0.717. The zero-order valence-electron chi connectivity index (χ0n) is 10.4. The van der Waals surface area contributed by atoms with Crippen LogP contribution in [0.5, 0.6) is 0 Å². The molecule has 1 aromatic carbocycles. The van der Waals surface area contributed by atoms with Crippen molar-refractivity contribution in [3.8, 4) is 0 Å². The first-order chi connectivity index (χ1) is 8.11. The third kappa shape index (κ3) is 2.74. The van der Waals surface area contributed by atoms with Crippen LogP contribution in [-0.2, 0) is 5.88 Å². The van der Waals surface area contributed by atoms with Gasteiger partial charge in [-0.25, -0.2) is 4.39 Å². The summed E-state index contributed by atoms with van der Waals surface area (Å²) in [5.74, 6) is 0.853. The molecular weight excluding hydrogens is 237 g/mol. The summed E-state index contributed by atoms with van der Waals surface area (Å²) in [6, 6.07) is 5.75. The molecule has 17 heavy (non-hydrogen) atoms. The molecule has 1 aromatic rings. The number of halogens is 2. The van der Waals surface area contributed by atoms with Crippen LogP contribution >= 0.6 is 11.6 Å². The summed E-state index contributed by atoms with van der Waals surface area (Å²) in [5, 5.41) is 0. The molecule has 0 saturated carbocycles. The number of hydrogen-bond donors (Lipinski definition) is 0. The molecule has 1 aliphatic heterocycles. The van der Waals surface area contributed by atoms with Gasteiger partial charge in [0.2, 0.25) is 0 Å². The first-order valence-corrected chi connectivity index (χ1v) is 6.76. The molecule has 0 aliphatic carbocycles. The maximum absolute atomic E-state index is 14.0. The molecule has 0 aromatic heterocycles. The van der Waals surface area contributed by atoms with Crippen molar-refractivity contribution >= 4 is 17.3 Å². The minimum absolute atomic E-state index is 0.149. The first-order valence-electron chi connectivity index (χ1n) is 6.23. The summed E-state index contributed by atoms with van der Waals surface area (Å²) in [5.41, 5.74) is 1.56. The molecule has 3 heteroatoms. The van der Waals surface area contributed by atoms with Gasteiger partial charge in [-0.3, -0.25) is 0 Å². The highest BCUT2D eigenvalue weighted by Crippen LogP contribution is 2.30. The number of hydrogen-bond acceptors (Lipinski definition) is 1. The van der Waals surface area contributed by atoms with Crippen molar-refractivity contribution < 1.29 is 4.39 Å². The topological polar surface area (TPSA) is 3.24 Å². The molecule has 0 N–H and O–H groups in total. The summed E-state index contributed by atoms with van der Waals surface area (Å²) in [7, 11) is 0. The number of nitrogens with zero attached hydrogens (tertiary/aromatic N) is 1. The fourth-order valence-corrected chi connectivity index (χ4v) is 2.66. The van der Waals surface area contributed by atoms with Crippen LogP contribution < -0.4 is 4.90 Å². The van der Waals surface area contributed by atoms with Crippen molar-refractivity contribution in [3.05, 3.63) is 29.6 Å². The fraction of sp³-hybridized carbons (Fsp3) is 0.571. The van der Waals surface area contributed by atoms with E-state index in [1.54, 1.807) is 6.07 Å². The van der Waals surface area contributed by atoms with Crippen LogP contribution in [0.3, 0.4) is 0 Å². The average molecular weight is 256 g/mol. The van der Waals surface area contributed by atoms with E-state index in [9.17, 15) is 4.39 Å². The highest BCUT2D eigenvalue weighted by atomic mass is 35.5. The van der Waals surface area contributed by atoms with Crippen molar-refractivity contribution in [3.63, 3.8) is 0 Å². The summed E-state index contributed by atoms with van der Waals surface area (Å²) in [4.78, 5) is 2.18. The van der Waals surface area contributed by atoms with Crippen LogP contribution in [0.25, 0.3) is 0 Å². The Hall–Kier alpha value is -0.760. The van der Waals surface area contributed by atoms with Gasteiger partial charge in [-0.2, -0.15) is 0 Å². The SMILES string of the molecule is CC1CCC(C)N(c2ccc(CCl)cc2F)C1. The van der Waals surface area contributed by atoms with Gasteiger partial charge in [-0.15, -0.1) is 11.6 Å². The second-order valence-electron chi connectivity index (χ2n) is 5.10. The molecule has 1 fully saturated rings. The van der Waals surface area contributed by atoms with Gasteiger partial charge in [0.05, 0.1) is 5.69 Å². The predicted molar refractivity (Wildman–Crippen MR) is 71.2 cm³/mol. The molecule has 2 unspecified atom stereocenters. The lowest BCUT2D eigenvalue weighted by molar-refractivity contribution is 0.386. The van der Waals surface area contributed by atoms with E-state index in [4.69, 9.17) is 11.6 Å². The number of benzene rings is 1. The van der Waals surface area contributed by atoms with Crippen molar-refractivity contribution in [2.45, 2.75) is 38.6 Å². The van der Waals surface area contributed by atoms with Crippen LogP contribution in [0.1, 0.15) is 32.3 Å². The van der Waals surface area contributed by atoms with Gasteiger partial charge < -0.3 is 4.90 Å². The highest BCUT2D eigenvalue weighted by molar-refractivity contribution is 6.17. The Morgan fingerprint density at radius 3 is 2.76 bits per heavy atom. The normalized spacial score (nSPS) is 25.1. The van der Waals surface area contributed by atoms with Gasteiger partial charge in [0.1, 0.15) is 5.82 Å². The summed E-state index contributed by atoms with van der Waals surface area (Å²) >= 11 is 5.71. The van der Waals surface area contributed by atoms with E-state index in [-0.39, 0.29) is 5.82 Å². The highest BCUT2D eigenvalue weighted by Gasteiger charge is 2.24. The van der Waals surface area contributed by atoms with Gasteiger partial charge >= 0.3 is 0 Å². The Balaban J connectivity index is 2.26. The van der Waals surface area contributed by atoms with Crippen LogP contribution in [0.2, 0.25) is 0 Å². The smallest absolute Gasteiger partial charge is 0.146 e. The van der Waals surface area contributed by atoms with Crippen LogP contribution in [0.4, 0.5) is 10.1 Å². The summed E-state index contributed by atoms with van der Waals surface area (Å²) in [6.07, 6.45) is 2.37. The van der Waals surface area contributed by atoms with Gasteiger partial charge in [-0.1, -0.05) is 13.0 Å². The van der Waals surface area contributed by atoms with E-state index < -0.39 is 0 Å². The Bertz CT molecular complexity index is 394. The lowest BCUT2D eigenvalue weighted by Crippen LogP contribution is -2.41. The van der Waals surface area contributed by atoms with Crippen molar-refractivity contribution in [1.82, 2.24) is 0 Å². The zero-order chi connectivity index (χ0) is 12.4. The van der Waals surface area contributed by atoms with E-state index in [2.05, 4.69) is 18.7 Å². The number of rotatable bonds is 2. The summed E-state index contributed by atoms with van der Waals surface area (Å²) < 4.78 is 14.0. The fourth-order valence-electron chi connectivity index (χ4n) is 2.49. The van der Waals surface area contributed by atoms with E-state index in [0.717, 1.165) is 24.2 Å². The molecule has 2 atom stereocenters. The molecular formula is C14H19ClFN. The standard InChI is InChI=1S/C14H19ClFN/c1-10-3-4-11(2)17(9-10)14-6-5-12(8-15)7-13(14)16/h5-7,10-11H,3-4,8-9H2,1-2H3. The van der Waals surface area contributed by atoms with Gasteiger partial charge in [0, 0.05) is 18.5 Å². The zero-order valence-corrected chi connectivity index (χ0v) is 11.2. The van der Waals surface area contributed by atoms with Crippen molar-refractivity contribution in [1.29, 1.82) is 0 Å². The van der Waals surface area contributed by atoms with Crippen LogP contribution in [0, 0.1) is 11.7 Å². The third-order valence-corrected chi connectivity index (χ3v) is 3.90. The Morgan fingerprint density at radius 1 is 1.35 bits per heavy atom. The number of piperidine rings is 1. The molecule has 0 amide bonds. The van der Waals surface area contributed by atoms with Crippen LogP contribution in [0.15, 0.2) is 18.2 Å². The van der Waals surface area contributed by atoms with Crippen molar-refractivity contribution in [2.75, 3.05) is 11.4 Å². The Morgan fingerprint density at radius 2 is 2.12 bits per heavy atom. The number of alkyl halides is 1. The monoisotopic (exact) mass is 255 g/mol. The Kier molecular flexibility index (Phi) is 3.93. The first kappa shape index (κ1) is 12.7. The minimum atomic E-state index is -0.149. The second kappa shape index (κ2) is 5.26. The molecule has 1 aliphatic rings. The molecule has 1 heterocycles. The molecule has 0 radical (unpaired) electrons. The average Bonchev–Trinajstić information content (AvgIpc) is 2.32. The maximum Gasteiger partial charge on any atom is 0.146 e. The largest absolute Gasteiger partial charge is 0.366 e. The molecule has 0 spiro atoms. The van der Waals surface area contributed by atoms with E-state index in [0.29, 0.717) is 17.8 Å². The van der Waals surface area contributed by atoms with Crippen LogP contribution in [-0.4, -0.2) is 12.6 Å². The third-order valence-electron chi connectivity index (χ3n) is 3.59. The van der Waals surface area contributed by atoms with E-state index in [1.807, 2.05) is 12.1 Å². The maximum atomic E-state index is 14.0. The molecule has 1 nitrogen and oxygen atoms in total. The molecule has 94 valence electrons. The second-order valence-corrected chi connectivity index (χ2v) is 5.37. The lowest BCUT2D eigenvalue weighted by Gasteiger charge is -2.38. The Labute approximate surface area is 108 Å². The molecule has 1 saturated heterocycles. The van der Waals surface area contributed by atoms with Gasteiger partial charge in [0.15, 0.2) is 0 Å². The minimum Gasteiger partial charge on any atom is -0.366 e.